The molecule has 3 rings (SSSR count). The molecule has 0 spiro atoms. The number of para-hydroxylation sites is 2. The van der Waals surface area contributed by atoms with Gasteiger partial charge < -0.3 is 24.7 Å². The van der Waals surface area contributed by atoms with Crippen molar-refractivity contribution in [2.75, 3.05) is 20.7 Å². The maximum absolute atomic E-state index is 5.91. The predicted molar refractivity (Wildman–Crippen MR) is 128 cm³/mol. The Morgan fingerprint density at radius 2 is 1.62 bits per heavy atom. The highest BCUT2D eigenvalue weighted by Gasteiger charge is 2.04. The van der Waals surface area contributed by atoms with E-state index in [9.17, 15) is 0 Å². The number of nitrogens with zero attached hydrogens (tertiary/aromatic N) is 2. The molecule has 2 N–H and O–H groups in total. The first kappa shape index (κ1) is 22.6. The third-order valence-electron chi connectivity index (χ3n) is 4.23. The number of methoxy groups -OCH3 is 1. The van der Waals surface area contributed by atoms with Gasteiger partial charge in [0.25, 0.3) is 0 Å². The summed E-state index contributed by atoms with van der Waals surface area (Å²) in [6.45, 7) is 2.38. The van der Waals surface area contributed by atoms with Gasteiger partial charge in [-0.15, -0.1) is 24.0 Å². The molecule has 0 fully saturated rings. The number of benzene rings is 2. The fourth-order valence-corrected chi connectivity index (χ4v) is 2.73. The standard InChI is InChI=1S/C22H26N4O2.HI/c1-23-22(24-13-16-26-14-5-6-15-26)25-17-18-9-11-19(12-10-18)28-21-8-4-3-7-20(21)27-2;/h3-12,14-15H,13,16-17H2,1-2H3,(H2,23,24,25);1H. The molecule has 29 heavy (non-hydrogen) atoms. The van der Waals surface area contributed by atoms with E-state index in [1.165, 1.54) is 0 Å². The number of rotatable bonds is 8. The van der Waals surface area contributed by atoms with Gasteiger partial charge in [-0.25, -0.2) is 0 Å². The molecule has 0 bridgehead atoms. The molecule has 1 heterocycles. The maximum atomic E-state index is 5.91. The first-order valence-electron chi connectivity index (χ1n) is 9.23. The predicted octanol–water partition coefficient (Wildman–Crippen LogP) is 4.27. The van der Waals surface area contributed by atoms with Gasteiger partial charge in [-0.05, 0) is 42.0 Å². The van der Waals surface area contributed by atoms with Crippen LogP contribution in [0.4, 0.5) is 0 Å². The molecule has 0 amide bonds. The Balaban J connectivity index is 0.00000300. The summed E-state index contributed by atoms with van der Waals surface area (Å²) < 4.78 is 13.4. The maximum Gasteiger partial charge on any atom is 0.191 e. The molecule has 0 aliphatic carbocycles. The van der Waals surface area contributed by atoms with Crippen molar-refractivity contribution < 1.29 is 9.47 Å². The smallest absolute Gasteiger partial charge is 0.191 e. The van der Waals surface area contributed by atoms with E-state index in [1.54, 1.807) is 14.2 Å². The SMILES string of the molecule is CN=C(NCCn1cccc1)NCc1ccc(Oc2ccccc2OC)cc1.I. The van der Waals surface area contributed by atoms with Crippen LogP contribution in [0, 0.1) is 0 Å². The largest absolute Gasteiger partial charge is 0.493 e. The first-order chi connectivity index (χ1) is 13.8. The Morgan fingerprint density at radius 3 is 2.28 bits per heavy atom. The summed E-state index contributed by atoms with van der Waals surface area (Å²) in [5.74, 6) is 2.95. The molecule has 0 aliphatic rings. The van der Waals surface area contributed by atoms with E-state index < -0.39 is 0 Å². The Bertz CT molecular complexity index is 880. The molecule has 0 atom stereocenters. The van der Waals surface area contributed by atoms with Gasteiger partial charge in [-0.2, -0.15) is 0 Å². The number of aromatic nitrogens is 1. The molecule has 0 saturated heterocycles. The van der Waals surface area contributed by atoms with E-state index in [0.717, 1.165) is 30.4 Å². The first-order valence-corrected chi connectivity index (χ1v) is 9.23. The molecule has 7 heteroatoms. The van der Waals surface area contributed by atoms with Crippen molar-refractivity contribution in [2.45, 2.75) is 13.1 Å². The van der Waals surface area contributed by atoms with Crippen molar-refractivity contribution in [3.05, 3.63) is 78.6 Å². The molecule has 1 aromatic heterocycles. The molecular formula is C22H27IN4O2. The monoisotopic (exact) mass is 506 g/mol. The Labute approximate surface area is 189 Å². The van der Waals surface area contributed by atoms with E-state index in [4.69, 9.17) is 9.47 Å². The van der Waals surface area contributed by atoms with E-state index in [2.05, 4.69) is 20.2 Å². The van der Waals surface area contributed by atoms with Crippen LogP contribution in [-0.4, -0.2) is 31.2 Å². The number of nitrogens with one attached hydrogen (secondary N) is 2. The summed E-state index contributed by atoms with van der Waals surface area (Å²) >= 11 is 0. The molecule has 0 unspecified atom stereocenters. The van der Waals surface area contributed by atoms with Gasteiger partial charge in [0.15, 0.2) is 17.5 Å². The molecular weight excluding hydrogens is 479 g/mol. The van der Waals surface area contributed by atoms with Crippen LogP contribution in [0.15, 0.2) is 78.0 Å². The Hall–Kier alpha value is -2.68. The van der Waals surface area contributed by atoms with Gasteiger partial charge in [-0.3, -0.25) is 4.99 Å². The minimum Gasteiger partial charge on any atom is -0.493 e. The van der Waals surface area contributed by atoms with Crippen LogP contribution in [0.2, 0.25) is 0 Å². The van der Waals surface area contributed by atoms with Crippen molar-refractivity contribution in [2.24, 2.45) is 4.99 Å². The van der Waals surface area contributed by atoms with Crippen molar-refractivity contribution in [1.82, 2.24) is 15.2 Å². The fourth-order valence-electron chi connectivity index (χ4n) is 2.73. The van der Waals surface area contributed by atoms with Crippen LogP contribution in [0.5, 0.6) is 17.2 Å². The zero-order valence-corrected chi connectivity index (χ0v) is 19.0. The van der Waals surface area contributed by atoms with Crippen molar-refractivity contribution in [3.8, 4) is 17.2 Å². The third-order valence-corrected chi connectivity index (χ3v) is 4.23. The third kappa shape index (κ3) is 7.01. The molecule has 154 valence electrons. The van der Waals surface area contributed by atoms with Gasteiger partial charge in [0.1, 0.15) is 5.75 Å². The average Bonchev–Trinajstić information content (AvgIpc) is 3.25. The summed E-state index contributed by atoms with van der Waals surface area (Å²) in [6, 6.07) is 19.6. The summed E-state index contributed by atoms with van der Waals surface area (Å²) in [7, 11) is 3.41. The minimum atomic E-state index is 0. The lowest BCUT2D eigenvalue weighted by atomic mass is 10.2. The zero-order chi connectivity index (χ0) is 19.6. The lowest BCUT2D eigenvalue weighted by Gasteiger charge is -2.13. The number of halogens is 1. The second-order valence-electron chi connectivity index (χ2n) is 6.17. The molecule has 0 aliphatic heterocycles. The highest BCUT2D eigenvalue weighted by atomic mass is 127. The molecule has 6 nitrogen and oxygen atoms in total. The van der Waals surface area contributed by atoms with Crippen LogP contribution in [0.3, 0.4) is 0 Å². The number of guanidine groups is 1. The topological polar surface area (TPSA) is 59.8 Å². The molecule has 3 aromatic rings. The van der Waals surface area contributed by atoms with Gasteiger partial charge in [-0.1, -0.05) is 24.3 Å². The van der Waals surface area contributed by atoms with E-state index in [-0.39, 0.29) is 24.0 Å². The normalized spacial score (nSPS) is 10.8. The van der Waals surface area contributed by atoms with Crippen molar-refractivity contribution in [1.29, 1.82) is 0 Å². The summed E-state index contributed by atoms with van der Waals surface area (Å²) in [4.78, 5) is 4.26. The summed E-state index contributed by atoms with van der Waals surface area (Å²) in [6.07, 6.45) is 4.10. The van der Waals surface area contributed by atoms with Crippen LogP contribution < -0.4 is 20.1 Å². The van der Waals surface area contributed by atoms with Gasteiger partial charge >= 0.3 is 0 Å². The van der Waals surface area contributed by atoms with Crippen molar-refractivity contribution >= 4 is 29.9 Å². The number of hydrogen-bond donors (Lipinski definition) is 2. The summed E-state index contributed by atoms with van der Waals surface area (Å²) in [5, 5.41) is 6.64. The van der Waals surface area contributed by atoms with Gasteiger partial charge in [0, 0.05) is 39.1 Å². The number of aliphatic imine (C=N–C) groups is 1. The lowest BCUT2D eigenvalue weighted by Crippen LogP contribution is -2.38. The quantitative estimate of drug-likeness (QED) is 0.272. The average molecular weight is 506 g/mol. The second kappa shape index (κ2) is 12.0. The summed E-state index contributed by atoms with van der Waals surface area (Å²) in [5.41, 5.74) is 1.14. The van der Waals surface area contributed by atoms with Crippen LogP contribution in [0.25, 0.3) is 0 Å². The Morgan fingerprint density at radius 1 is 0.931 bits per heavy atom. The second-order valence-corrected chi connectivity index (χ2v) is 6.17. The highest BCUT2D eigenvalue weighted by Crippen LogP contribution is 2.30. The number of hydrogen-bond acceptors (Lipinski definition) is 3. The van der Waals surface area contributed by atoms with E-state index >= 15 is 0 Å². The highest BCUT2D eigenvalue weighted by molar-refractivity contribution is 14.0. The molecule has 2 aromatic carbocycles. The zero-order valence-electron chi connectivity index (χ0n) is 16.7. The number of ether oxygens (including phenoxy) is 2. The molecule has 0 saturated carbocycles. The van der Waals surface area contributed by atoms with Gasteiger partial charge in [0.2, 0.25) is 0 Å². The van der Waals surface area contributed by atoms with E-state index in [0.29, 0.717) is 18.0 Å². The molecule has 0 radical (unpaired) electrons. The lowest BCUT2D eigenvalue weighted by molar-refractivity contribution is 0.379. The van der Waals surface area contributed by atoms with Gasteiger partial charge in [0.05, 0.1) is 7.11 Å². The van der Waals surface area contributed by atoms with Crippen LogP contribution in [-0.2, 0) is 13.1 Å². The minimum absolute atomic E-state index is 0. The van der Waals surface area contributed by atoms with Crippen molar-refractivity contribution in [3.63, 3.8) is 0 Å². The van der Waals surface area contributed by atoms with E-state index in [1.807, 2.05) is 73.1 Å². The Kier molecular flexibility index (Phi) is 9.36. The van der Waals surface area contributed by atoms with Crippen LogP contribution in [0.1, 0.15) is 5.56 Å². The fraction of sp³-hybridized carbons (Fsp3) is 0.227. The van der Waals surface area contributed by atoms with Crippen LogP contribution >= 0.6 is 24.0 Å².